The lowest BCUT2D eigenvalue weighted by Gasteiger charge is -2.15. The van der Waals surface area contributed by atoms with E-state index in [1.54, 1.807) is 0 Å². The van der Waals surface area contributed by atoms with Crippen molar-refractivity contribution >= 4 is 36.4 Å². The number of aryl methyl sites for hydroxylation is 2. The maximum atomic E-state index is 12.4. The summed E-state index contributed by atoms with van der Waals surface area (Å²) in [7, 11) is 0. The van der Waals surface area contributed by atoms with Crippen LogP contribution in [0.3, 0.4) is 0 Å². The number of nitrogens with one attached hydrogen (secondary N) is 1. The summed E-state index contributed by atoms with van der Waals surface area (Å²) in [4.78, 5) is 12.4. The minimum atomic E-state index is -0.700. The molecule has 0 saturated heterocycles. The number of aromatic nitrogens is 3. The lowest BCUT2D eigenvalue weighted by molar-refractivity contribution is -0.117. The Morgan fingerprint density at radius 3 is 2.41 bits per heavy atom. The van der Waals surface area contributed by atoms with Crippen LogP contribution in [0.25, 0.3) is 11.4 Å². The highest BCUT2D eigenvalue weighted by molar-refractivity contribution is 5.95. The Morgan fingerprint density at radius 2 is 1.72 bits per heavy atom. The molecule has 1 aliphatic rings. The standard InChI is InChI=1S/C21H23N5O.2ClH/c1-14-5-7-15(8-6-14)19(22)21(27)23-17-11-9-16(10-12-17)20-25-24-18-4-2-3-13-26(18)20;;/h5-12,19H,2-4,13,22H2,1H3,(H,23,27);2*1H. The van der Waals surface area contributed by atoms with Gasteiger partial charge in [-0.1, -0.05) is 29.8 Å². The Morgan fingerprint density at radius 1 is 1.03 bits per heavy atom. The van der Waals surface area contributed by atoms with Crippen molar-refractivity contribution in [3.8, 4) is 11.4 Å². The molecular weight excluding hydrogens is 409 g/mol. The maximum absolute atomic E-state index is 12.4. The summed E-state index contributed by atoms with van der Waals surface area (Å²) in [5, 5.41) is 11.5. The first-order valence-electron chi connectivity index (χ1n) is 9.27. The first-order valence-corrected chi connectivity index (χ1v) is 9.27. The van der Waals surface area contributed by atoms with E-state index in [2.05, 4.69) is 20.1 Å². The summed E-state index contributed by atoms with van der Waals surface area (Å²) in [6, 6.07) is 14.6. The molecule has 2 heterocycles. The van der Waals surface area contributed by atoms with E-state index in [1.165, 1.54) is 6.42 Å². The van der Waals surface area contributed by atoms with Gasteiger partial charge < -0.3 is 15.6 Å². The van der Waals surface area contributed by atoms with Crippen molar-refractivity contribution in [3.63, 3.8) is 0 Å². The normalized spacial score (nSPS) is 13.4. The van der Waals surface area contributed by atoms with Crippen LogP contribution in [0.4, 0.5) is 5.69 Å². The van der Waals surface area contributed by atoms with E-state index in [9.17, 15) is 4.79 Å². The second-order valence-corrected chi connectivity index (χ2v) is 7.00. The number of fused-ring (bicyclic) bond motifs is 1. The monoisotopic (exact) mass is 433 g/mol. The fraction of sp³-hybridized carbons (Fsp3) is 0.286. The van der Waals surface area contributed by atoms with Gasteiger partial charge in [0.2, 0.25) is 5.91 Å². The van der Waals surface area contributed by atoms with Gasteiger partial charge in [0.1, 0.15) is 11.9 Å². The first kappa shape index (κ1) is 22.9. The van der Waals surface area contributed by atoms with Crippen LogP contribution in [-0.2, 0) is 17.8 Å². The largest absolute Gasteiger partial charge is 0.324 e. The smallest absolute Gasteiger partial charge is 0.245 e. The molecule has 0 radical (unpaired) electrons. The predicted octanol–water partition coefficient (Wildman–Crippen LogP) is 4.07. The number of rotatable bonds is 4. The number of halogens is 2. The molecule has 154 valence electrons. The summed E-state index contributed by atoms with van der Waals surface area (Å²) < 4.78 is 2.18. The average Bonchev–Trinajstić information content (AvgIpc) is 3.13. The topological polar surface area (TPSA) is 85.8 Å². The van der Waals surface area contributed by atoms with Crippen molar-refractivity contribution < 1.29 is 4.79 Å². The van der Waals surface area contributed by atoms with Gasteiger partial charge in [-0.15, -0.1) is 35.0 Å². The molecule has 0 fully saturated rings. The molecule has 0 aliphatic carbocycles. The third kappa shape index (κ3) is 4.96. The molecule has 29 heavy (non-hydrogen) atoms. The summed E-state index contributed by atoms with van der Waals surface area (Å²) in [5.74, 6) is 1.71. The van der Waals surface area contributed by atoms with Crippen LogP contribution < -0.4 is 11.1 Å². The minimum absolute atomic E-state index is 0. The highest BCUT2D eigenvalue weighted by Gasteiger charge is 2.18. The zero-order valence-corrected chi connectivity index (χ0v) is 17.8. The Balaban J connectivity index is 0.00000150. The number of hydrogen-bond donors (Lipinski definition) is 2. The number of anilines is 1. The summed E-state index contributed by atoms with van der Waals surface area (Å²) >= 11 is 0. The van der Waals surface area contributed by atoms with Crippen LogP contribution in [0.5, 0.6) is 0 Å². The molecule has 3 aromatic rings. The number of hydrogen-bond acceptors (Lipinski definition) is 4. The Bertz CT molecular complexity index is 954. The van der Waals surface area contributed by atoms with E-state index in [0.717, 1.165) is 47.7 Å². The molecule has 0 spiro atoms. The number of nitrogens with zero attached hydrogens (tertiary/aromatic N) is 3. The molecule has 8 heteroatoms. The van der Waals surface area contributed by atoms with Crippen molar-refractivity contribution in [2.45, 2.75) is 38.8 Å². The van der Waals surface area contributed by atoms with E-state index < -0.39 is 6.04 Å². The van der Waals surface area contributed by atoms with Crippen molar-refractivity contribution in [1.29, 1.82) is 0 Å². The summed E-state index contributed by atoms with van der Waals surface area (Å²) in [5.41, 5.74) is 9.73. The number of benzene rings is 2. The highest BCUT2D eigenvalue weighted by Crippen LogP contribution is 2.24. The van der Waals surface area contributed by atoms with Crippen LogP contribution in [-0.4, -0.2) is 20.7 Å². The maximum Gasteiger partial charge on any atom is 0.245 e. The van der Waals surface area contributed by atoms with Crippen molar-refractivity contribution in [3.05, 3.63) is 65.5 Å². The van der Waals surface area contributed by atoms with Crippen molar-refractivity contribution in [2.75, 3.05) is 5.32 Å². The zero-order valence-electron chi connectivity index (χ0n) is 16.2. The van der Waals surface area contributed by atoms with Gasteiger partial charge in [-0.2, -0.15) is 0 Å². The van der Waals surface area contributed by atoms with Gasteiger partial charge in [-0.05, 0) is 49.6 Å². The van der Waals surface area contributed by atoms with Gasteiger partial charge >= 0.3 is 0 Å². The van der Waals surface area contributed by atoms with Crippen LogP contribution in [0.15, 0.2) is 48.5 Å². The predicted molar refractivity (Wildman–Crippen MR) is 120 cm³/mol. The van der Waals surface area contributed by atoms with Gasteiger partial charge in [0, 0.05) is 24.2 Å². The molecule has 4 rings (SSSR count). The molecule has 1 aromatic heterocycles. The fourth-order valence-corrected chi connectivity index (χ4v) is 3.37. The van der Waals surface area contributed by atoms with Gasteiger partial charge in [-0.25, -0.2) is 0 Å². The molecule has 1 atom stereocenters. The minimum Gasteiger partial charge on any atom is -0.324 e. The fourth-order valence-electron chi connectivity index (χ4n) is 3.37. The molecule has 1 aliphatic heterocycles. The van der Waals surface area contributed by atoms with Crippen LogP contribution in [0.2, 0.25) is 0 Å². The lowest BCUT2D eigenvalue weighted by Crippen LogP contribution is -2.27. The third-order valence-corrected chi connectivity index (χ3v) is 4.99. The molecule has 1 amide bonds. The SMILES string of the molecule is Cc1ccc(C(N)C(=O)Nc2ccc(-c3nnc4n3CCCC4)cc2)cc1.Cl.Cl. The summed E-state index contributed by atoms with van der Waals surface area (Å²) in [6.45, 7) is 2.96. The molecule has 2 aromatic carbocycles. The average molecular weight is 434 g/mol. The Labute approximate surface area is 182 Å². The number of amides is 1. The molecular formula is C21H25Cl2N5O. The zero-order chi connectivity index (χ0) is 18.8. The number of carbonyl (C=O) groups is 1. The quantitative estimate of drug-likeness (QED) is 0.648. The second kappa shape index (κ2) is 9.87. The Kier molecular flexibility index (Phi) is 7.79. The van der Waals surface area contributed by atoms with Crippen LogP contribution in [0, 0.1) is 6.92 Å². The second-order valence-electron chi connectivity index (χ2n) is 7.00. The van der Waals surface area contributed by atoms with Crippen molar-refractivity contribution in [2.24, 2.45) is 5.73 Å². The van der Waals surface area contributed by atoms with Crippen LogP contribution >= 0.6 is 24.8 Å². The Hall–Kier alpha value is -2.41. The molecule has 3 N–H and O–H groups in total. The van der Waals surface area contributed by atoms with E-state index >= 15 is 0 Å². The van der Waals surface area contributed by atoms with E-state index in [0.29, 0.717) is 5.69 Å². The molecule has 0 saturated carbocycles. The van der Waals surface area contributed by atoms with Gasteiger partial charge in [0.25, 0.3) is 0 Å². The van der Waals surface area contributed by atoms with E-state index in [1.807, 2.05) is 55.5 Å². The van der Waals surface area contributed by atoms with E-state index in [-0.39, 0.29) is 30.7 Å². The van der Waals surface area contributed by atoms with Gasteiger partial charge in [0.15, 0.2) is 5.82 Å². The lowest BCUT2D eigenvalue weighted by atomic mass is 10.1. The third-order valence-electron chi connectivity index (χ3n) is 4.99. The summed E-state index contributed by atoms with van der Waals surface area (Å²) in [6.07, 6.45) is 3.31. The molecule has 6 nitrogen and oxygen atoms in total. The first-order chi connectivity index (χ1) is 13.1. The molecule has 0 bridgehead atoms. The molecule has 1 unspecified atom stereocenters. The highest BCUT2D eigenvalue weighted by atomic mass is 35.5. The van der Waals surface area contributed by atoms with Gasteiger partial charge in [0.05, 0.1) is 0 Å². The van der Waals surface area contributed by atoms with Crippen molar-refractivity contribution in [1.82, 2.24) is 14.8 Å². The van der Waals surface area contributed by atoms with Crippen LogP contribution in [0.1, 0.15) is 35.8 Å². The number of carbonyl (C=O) groups excluding carboxylic acids is 1. The van der Waals surface area contributed by atoms with E-state index in [4.69, 9.17) is 5.73 Å². The number of nitrogens with two attached hydrogens (primary N) is 1. The van der Waals surface area contributed by atoms with Gasteiger partial charge in [-0.3, -0.25) is 4.79 Å².